The van der Waals surface area contributed by atoms with Gasteiger partial charge in [0.2, 0.25) is 0 Å². The molecule has 0 aliphatic heterocycles. The zero-order valence-corrected chi connectivity index (χ0v) is 6.96. The molecule has 0 rings (SSSR count). The Balaban J connectivity index is 3.49. The lowest BCUT2D eigenvalue weighted by Gasteiger charge is -2.05. The van der Waals surface area contributed by atoms with Crippen molar-refractivity contribution < 1.29 is 5.11 Å². The van der Waals surface area contributed by atoms with Gasteiger partial charge in [-0.25, -0.2) is 0 Å². The standard InChI is InChI=1S/C7H16N2O/c1-7(5-4-6-10)8-9(2)3/h10H,4-6H2,1-3H3/b8-7+. The van der Waals surface area contributed by atoms with Crippen molar-refractivity contribution in [3.63, 3.8) is 0 Å². The highest BCUT2D eigenvalue weighted by atomic mass is 16.2. The highest BCUT2D eigenvalue weighted by molar-refractivity contribution is 5.81. The van der Waals surface area contributed by atoms with Crippen LogP contribution in [-0.2, 0) is 0 Å². The Bertz CT molecular complexity index is 110. The second-order valence-electron chi connectivity index (χ2n) is 2.51. The van der Waals surface area contributed by atoms with Gasteiger partial charge in [0.05, 0.1) is 0 Å². The Morgan fingerprint density at radius 3 is 2.50 bits per heavy atom. The molecular weight excluding hydrogens is 128 g/mol. The van der Waals surface area contributed by atoms with E-state index < -0.39 is 0 Å². The van der Waals surface area contributed by atoms with Crippen LogP contribution in [0.5, 0.6) is 0 Å². The summed E-state index contributed by atoms with van der Waals surface area (Å²) in [7, 11) is 3.78. The van der Waals surface area contributed by atoms with Crippen LogP contribution in [0.1, 0.15) is 19.8 Å². The van der Waals surface area contributed by atoms with Gasteiger partial charge < -0.3 is 10.1 Å². The number of rotatable bonds is 4. The molecule has 0 spiro atoms. The molecule has 0 aliphatic carbocycles. The number of hydrogen-bond acceptors (Lipinski definition) is 3. The molecule has 0 aromatic carbocycles. The first-order valence-corrected chi connectivity index (χ1v) is 3.49. The smallest absolute Gasteiger partial charge is 0.0434 e. The van der Waals surface area contributed by atoms with Gasteiger partial charge >= 0.3 is 0 Å². The maximum absolute atomic E-state index is 8.48. The van der Waals surface area contributed by atoms with Crippen molar-refractivity contribution in [2.24, 2.45) is 5.10 Å². The Morgan fingerprint density at radius 1 is 1.50 bits per heavy atom. The van der Waals surface area contributed by atoms with Gasteiger partial charge in [-0.15, -0.1) is 0 Å². The van der Waals surface area contributed by atoms with Crippen LogP contribution in [0.4, 0.5) is 0 Å². The molecule has 10 heavy (non-hydrogen) atoms. The molecule has 0 heterocycles. The lowest BCUT2D eigenvalue weighted by molar-refractivity contribution is 0.290. The second-order valence-corrected chi connectivity index (χ2v) is 2.51. The van der Waals surface area contributed by atoms with Gasteiger partial charge in [0.25, 0.3) is 0 Å². The van der Waals surface area contributed by atoms with Crippen LogP contribution in [0.25, 0.3) is 0 Å². The van der Waals surface area contributed by atoms with E-state index >= 15 is 0 Å². The normalized spacial score (nSPS) is 11.8. The van der Waals surface area contributed by atoms with Crippen LogP contribution < -0.4 is 0 Å². The third-order valence-electron chi connectivity index (χ3n) is 1.07. The van der Waals surface area contributed by atoms with Crippen molar-refractivity contribution in [2.75, 3.05) is 20.7 Å². The second kappa shape index (κ2) is 5.23. The summed E-state index contributed by atoms with van der Waals surface area (Å²) in [5, 5.41) is 14.4. The number of nitrogens with zero attached hydrogens (tertiary/aromatic N) is 2. The first-order chi connectivity index (χ1) is 4.66. The van der Waals surface area contributed by atoms with Gasteiger partial charge in [-0.2, -0.15) is 5.10 Å². The molecule has 0 bridgehead atoms. The molecule has 3 heteroatoms. The average Bonchev–Trinajstić information content (AvgIpc) is 1.82. The van der Waals surface area contributed by atoms with Crippen LogP contribution in [-0.4, -0.2) is 36.5 Å². The van der Waals surface area contributed by atoms with Gasteiger partial charge in [-0.05, 0) is 19.8 Å². The molecule has 0 aliphatic rings. The van der Waals surface area contributed by atoms with Crippen LogP contribution in [0.15, 0.2) is 5.10 Å². The molecule has 0 aromatic heterocycles. The Hall–Kier alpha value is -0.570. The highest BCUT2D eigenvalue weighted by Crippen LogP contribution is 1.92. The topological polar surface area (TPSA) is 35.8 Å². The van der Waals surface area contributed by atoms with Crippen molar-refractivity contribution in [2.45, 2.75) is 19.8 Å². The fourth-order valence-electron chi connectivity index (χ4n) is 0.726. The van der Waals surface area contributed by atoms with Crippen molar-refractivity contribution in [3.8, 4) is 0 Å². The molecular formula is C7H16N2O. The van der Waals surface area contributed by atoms with Gasteiger partial charge in [-0.3, -0.25) is 0 Å². The first-order valence-electron chi connectivity index (χ1n) is 3.49. The average molecular weight is 144 g/mol. The number of aliphatic hydroxyl groups excluding tert-OH is 1. The van der Waals surface area contributed by atoms with E-state index in [0.717, 1.165) is 18.6 Å². The lowest BCUT2D eigenvalue weighted by Crippen LogP contribution is -2.06. The van der Waals surface area contributed by atoms with Gasteiger partial charge in [0.15, 0.2) is 0 Å². The van der Waals surface area contributed by atoms with Crippen molar-refractivity contribution in [1.82, 2.24) is 5.01 Å². The molecule has 60 valence electrons. The van der Waals surface area contributed by atoms with E-state index in [4.69, 9.17) is 5.11 Å². The lowest BCUT2D eigenvalue weighted by atomic mass is 10.2. The van der Waals surface area contributed by atoms with E-state index in [1.54, 1.807) is 5.01 Å². The van der Waals surface area contributed by atoms with Crippen molar-refractivity contribution >= 4 is 5.71 Å². The zero-order chi connectivity index (χ0) is 7.98. The highest BCUT2D eigenvalue weighted by Gasteiger charge is 1.90. The zero-order valence-electron chi connectivity index (χ0n) is 6.96. The van der Waals surface area contributed by atoms with Gasteiger partial charge in [0, 0.05) is 26.4 Å². The Kier molecular flexibility index (Phi) is 4.94. The molecule has 0 unspecified atom stereocenters. The van der Waals surface area contributed by atoms with Gasteiger partial charge in [0.1, 0.15) is 0 Å². The molecule has 0 amide bonds. The van der Waals surface area contributed by atoms with E-state index in [1.165, 1.54) is 0 Å². The van der Waals surface area contributed by atoms with Crippen molar-refractivity contribution in [3.05, 3.63) is 0 Å². The summed E-state index contributed by atoms with van der Waals surface area (Å²) in [6, 6.07) is 0. The summed E-state index contributed by atoms with van der Waals surface area (Å²) >= 11 is 0. The van der Waals surface area contributed by atoms with Crippen LogP contribution in [0.3, 0.4) is 0 Å². The third kappa shape index (κ3) is 5.56. The maximum atomic E-state index is 8.48. The Labute approximate surface area is 62.3 Å². The molecule has 0 fully saturated rings. The number of hydrogen-bond donors (Lipinski definition) is 1. The minimum absolute atomic E-state index is 0.250. The van der Waals surface area contributed by atoms with Gasteiger partial charge in [-0.1, -0.05) is 0 Å². The summed E-state index contributed by atoms with van der Waals surface area (Å²) < 4.78 is 0. The van der Waals surface area contributed by atoms with Crippen LogP contribution >= 0.6 is 0 Å². The predicted molar refractivity (Wildman–Crippen MR) is 43.1 cm³/mol. The first kappa shape index (κ1) is 9.43. The molecule has 0 saturated heterocycles. The number of hydrazone groups is 1. The monoisotopic (exact) mass is 144 g/mol. The van der Waals surface area contributed by atoms with Crippen molar-refractivity contribution in [1.29, 1.82) is 0 Å². The quantitative estimate of drug-likeness (QED) is 0.465. The summed E-state index contributed by atoms with van der Waals surface area (Å²) in [5.41, 5.74) is 1.07. The summed E-state index contributed by atoms with van der Waals surface area (Å²) in [6.07, 6.45) is 1.69. The largest absolute Gasteiger partial charge is 0.396 e. The Morgan fingerprint density at radius 2 is 2.10 bits per heavy atom. The molecule has 0 saturated carbocycles. The molecule has 0 aromatic rings. The van der Waals surface area contributed by atoms with Crippen LogP contribution in [0.2, 0.25) is 0 Å². The third-order valence-corrected chi connectivity index (χ3v) is 1.07. The summed E-state index contributed by atoms with van der Waals surface area (Å²) in [5.74, 6) is 0. The van der Waals surface area contributed by atoms with E-state index in [9.17, 15) is 0 Å². The van der Waals surface area contributed by atoms with Crippen LogP contribution in [0, 0.1) is 0 Å². The SMILES string of the molecule is C/C(CCCO)=N\N(C)C. The minimum atomic E-state index is 0.250. The maximum Gasteiger partial charge on any atom is 0.0434 e. The number of aliphatic hydroxyl groups is 1. The summed E-state index contributed by atoms with van der Waals surface area (Å²) in [4.78, 5) is 0. The molecule has 0 radical (unpaired) electrons. The molecule has 1 N–H and O–H groups in total. The minimum Gasteiger partial charge on any atom is -0.396 e. The van der Waals surface area contributed by atoms with E-state index in [-0.39, 0.29) is 6.61 Å². The summed E-state index contributed by atoms with van der Waals surface area (Å²) in [6.45, 7) is 2.22. The molecule has 3 nitrogen and oxygen atoms in total. The fourth-order valence-corrected chi connectivity index (χ4v) is 0.726. The predicted octanol–water partition coefficient (Wildman–Crippen LogP) is 0.696. The van der Waals surface area contributed by atoms with E-state index in [0.29, 0.717) is 0 Å². The molecule has 0 atom stereocenters. The fraction of sp³-hybridized carbons (Fsp3) is 0.857. The van der Waals surface area contributed by atoms with E-state index in [2.05, 4.69) is 5.10 Å². The van der Waals surface area contributed by atoms with E-state index in [1.807, 2.05) is 21.0 Å².